The highest BCUT2D eigenvalue weighted by Gasteiger charge is 2.90. The molecule has 12 unspecified atom stereocenters. The van der Waals surface area contributed by atoms with E-state index >= 15 is 57.5 Å². The predicted octanol–water partition coefficient (Wildman–Crippen LogP) is -13.8. The maximum Gasteiger partial charge on any atom is 0.212 e. The van der Waals surface area contributed by atoms with E-state index in [4.69, 9.17) is 4.74 Å². The van der Waals surface area contributed by atoms with Crippen molar-refractivity contribution < 1.29 is 185 Å². The van der Waals surface area contributed by atoms with Crippen molar-refractivity contribution in [2.75, 3.05) is 79.3 Å². The van der Waals surface area contributed by atoms with E-state index in [9.17, 15) is 123 Å². The van der Waals surface area contributed by atoms with Crippen LogP contribution in [0.25, 0.3) is 0 Å². The molecule has 0 rings (SSSR count). The molecule has 0 aromatic rings. The number of Topliss-reactive ketones (excluding diaryl/α,β-unsaturated/α-hetero) is 12. The number of hydrogen-bond donors (Lipinski definition) is 24. The van der Waals surface area contributed by atoms with Gasteiger partial charge in [-0.3, -0.25) is 57.5 Å². The van der Waals surface area contributed by atoms with Crippen molar-refractivity contribution in [2.24, 2.45) is 21.7 Å². The van der Waals surface area contributed by atoms with Crippen LogP contribution in [0, 0.1) is 21.7 Å². The van der Waals surface area contributed by atoms with E-state index in [-0.39, 0.29) is 38.5 Å². The first kappa shape index (κ1) is 88.0. The Kier molecular flexibility index (Phi) is 37.2. The van der Waals surface area contributed by atoms with Gasteiger partial charge in [-0.25, -0.2) is 0 Å². The van der Waals surface area contributed by atoms with Gasteiger partial charge in [-0.05, 0) is 12.8 Å². The van der Waals surface area contributed by atoms with Crippen LogP contribution >= 0.6 is 0 Å². The third-order valence-electron chi connectivity index (χ3n) is 16.2. The summed E-state index contributed by atoms with van der Waals surface area (Å²) in [6, 6.07) is 0. The summed E-state index contributed by atoms with van der Waals surface area (Å²) in [7, 11) is 0. The number of aliphatic hydroxyl groups is 24. The van der Waals surface area contributed by atoms with Crippen LogP contribution in [-0.2, 0) is 62.3 Å². The molecule has 0 aliphatic heterocycles. The standard InChI is InChI=1S/C56H90O37/c1-3-5-7-9-11-13-51(39(81)27(69)15-57,40(82)28(70)16-58)53(43(85)31(73)19-61,44(86)32(74)20-62)55(47(89)35(77)23-65,48(90)36(78)24-66)93-56(49(91)37(79)25-67,50(92)38(80)26-68)54(45(87)33(75)21-63,46(88)34(76)22-64)52(41(83)29(71)17-59,42(84)30(72)18-60)14-12-10-8-6-4-2/h27-38,57-80H,3-26H2,1-2H3. The zero-order chi connectivity index (χ0) is 72.5. The Morgan fingerprint density at radius 1 is 0.237 bits per heavy atom. The maximum absolute atomic E-state index is 16.6. The molecule has 0 heterocycles. The fourth-order valence-electron chi connectivity index (χ4n) is 11.9. The van der Waals surface area contributed by atoms with Gasteiger partial charge in [0.15, 0.2) is 57.1 Å². The van der Waals surface area contributed by atoms with Crippen LogP contribution in [0.2, 0.25) is 0 Å². The minimum absolute atomic E-state index is 0.0582. The second-order valence-electron chi connectivity index (χ2n) is 21.9. The van der Waals surface area contributed by atoms with Gasteiger partial charge in [0.25, 0.3) is 0 Å². The number of aliphatic hydroxyl groups excluding tert-OH is 24. The lowest BCUT2D eigenvalue weighted by atomic mass is 9.41. The molecule has 37 heteroatoms. The highest BCUT2D eigenvalue weighted by molar-refractivity contribution is 6.35. The number of unbranched alkanes of at least 4 members (excludes halogenated alkanes) is 8. The van der Waals surface area contributed by atoms with Gasteiger partial charge in [0.1, 0.15) is 84.1 Å². The molecular weight excluding hydrogens is 1260 g/mol. The fourth-order valence-corrected chi connectivity index (χ4v) is 11.9. The van der Waals surface area contributed by atoms with Gasteiger partial charge in [-0.1, -0.05) is 78.1 Å². The van der Waals surface area contributed by atoms with E-state index < -0.39 is 293 Å². The summed E-state index contributed by atoms with van der Waals surface area (Å²) in [5.41, 5.74) is -36.4. The highest BCUT2D eigenvalue weighted by Crippen LogP contribution is 2.64. The molecule has 12 atom stereocenters. The average Bonchev–Trinajstić information content (AvgIpc) is 0.656. The van der Waals surface area contributed by atoms with Crippen molar-refractivity contribution in [3.63, 3.8) is 0 Å². The number of ether oxygens (including phenoxy) is 1. The Morgan fingerprint density at radius 2 is 0.387 bits per heavy atom. The van der Waals surface area contributed by atoms with Crippen LogP contribution < -0.4 is 0 Å². The molecule has 0 aromatic heterocycles. The van der Waals surface area contributed by atoms with Crippen LogP contribution in [0.1, 0.15) is 90.9 Å². The number of rotatable bonds is 54. The summed E-state index contributed by atoms with van der Waals surface area (Å²) in [5, 5.41) is 271. The van der Waals surface area contributed by atoms with Crippen molar-refractivity contribution in [2.45, 2.75) is 175 Å². The molecule has 37 nitrogen and oxygen atoms in total. The topological polar surface area (TPSA) is 700 Å². The molecular formula is C56H90O37. The average molecular weight is 1360 g/mol. The first-order chi connectivity index (χ1) is 43.5. The Hall–Kier alpha value is -4.96. The lowest BCUT2D eigenvalue weighted by Crippen LogP contribution is -2.88. The van der Waals surface area contributed by atoms with E-state index in [1.807, 2.05) is 0 Å². The van der Waals surface area contributed by atoms with E-state index in [0.717, 1.165) is 0 Å². The monoisotopic (exact) mass is 1350 g/mol. The summed E-state index contributed by atoms with van der Waals surface area (Å²) in [6.45, 7) is -26.2. The molecule has 93 heavy (non-hydrogen) atoms. The smallest absolute Gasteiger partial charge is 0.212 e. The Labute approximate surface area is 529 Å². The second kappa shape index (κ2) is 39.3. The fraction of sp³-hybridized carbons (Fsp3) is 0.786. The normalized spacial score (nSPS) is 19.8. The van der Waals surface area contributed by atoms with Crippen LogP contribution in [-0.4, -0.2) is 356 Å². The number of ketones is 12. The summed E-state index contributed by atoms with van der Waals surface area (Å²) >= 11 is 0. The Morgan fingerprint density at radius 3 is 0.548 bits per heavy atom. The molecule has 0 spiro atoms. The molecule has 0 saturated carbocycles. The molecule has 0 bridgehead atoms. The molecule has 24 N–H and O–H groups in total. The molecule has 536 valence electrons. The predicted molar refractivity (Wildman–Crippen MR) is 300 cm³/mol. The largest absolute Gasteiger partial charge is 0.393 e. The van der Waals surface area contributed by atoms with Crippen molar-refractivity contribution in [3.05, 3.63) is 0 Å². The van der Waals surface area contributed by atoms with Crippen molar-refractivity contribution in [1.29, 1.82) is 0 Å². The second-order valence-corrected chi connectivity index (χ2v) is 21.9. The van der Waals surface area contributed by atoms with E-state index in [1.54, 1.807) is 0 Å². The van der Waals surface area contributed by atoms with Gasteiger partial charge in [-0.2, -0.15) is 0 Å². The van der Waals surface area contributed by atoms with Gasteiger partial charge in [0.05, 0.1) is 79.3 Å². The van der Waals surface area contributed by atoms with Gasteiger partial charge < -0.3 is 127 Å². The van der Waals surface area contributed by atoms with E-state index in [2.05, 4.69) is 0 Å². The Balaban J connectivity index is 13.7. The summed E-state index contributed by atoms with van der Waals surface area (Å²) in [6.07, 6.45) is -55.7. The Bertz CT molecular complexity index is 2230. The number of carbonyl (C=O) groups is 12. The van der Waals surface area contributed by atoms with Crippen LogP contribution in [0.3, 0.4) is 0 Å². The molecule has 0 saturated heterocycles. The van der Waals surface area contributed by atoms with Crippen LogP contribution in [0.4, 0.5) is 0 Å². The van der Waals surface area contributed by atoms with E-state index in [1.165, 1.54) is 13.8 Å². The van der Waals surface area contributed by atoms with Gasteiger partial charge in [0.2, 0.25) is 34.3 Å². The van der Waals surface area contributed by atoms with Gasteiger partial charge in [-0.15, -0.1) is 0 Å². The lowest BCUT2D eigenvalue weighted by molar-refractivity contribution is -0.259. The van der Waals surface area contributed by atoms with Crippen molar-refractivity contribution in [1.82, 2.24) is 0 Å². The SMILES string of the molecule is CCCCCCCC(C(=O)C(O)CO)(C(=O)C(O)CO)C(C(=O)C(O)CO)(C(=O)C(O)CO)C(OC(C(=O)C(O)CO)(C(=O)C(O)CO)C(C(=O)C(O)CO)(C(=O)C(O)CO)C(CCCCCCC)(C(=O)C(O)CO)C(=O)C(O)CO)(C(=O)C(O)CO)C(=O)C(O)CO. The minimum atomic E-state index is -6.61. The zero-order valence-electron chi connectivity index (χ0n) is 50.9. The maximum atomic E-state index is 16.6. The third kappa shape index (κ3) is 16.2. The first-order valence-corrected chi connectivity index (χ1v) is 29.2. The molecule has 0 aliphatic carbocycles. The molecule has 0 amide bonds. The third-order valence-corrected chi connectivity index (χ3v) is 16.2. The van der Waals surface area contributed by atoms with Crippen molar-refractivity contribution >= 4 is 69.4 Å². The molecule has 0 aliphatic rings. The van der Waals surface area contributed by atoms with E-state index in [0.29, 0.717) is 0 Å². The van der Waals surface area contributed by atoms with Gasteiger partial charge in [0, 0.05) is 0 Å². The minimum Gasteiger partial charge on any atom is -0.393 e. The van der Waals surface area contributed by atoms with Crippen LogP contribution in [0.5, 0.6) is 0 Å². The summed E-state index contributed by atoms with van der Waals surface area (Å²) in [5.74, 6) is -40.2. The highest BCUT2D eigenvalue weighted by atomic mass is 16.6. The summed E-state index contributed by atoms with van der Waals surface area (Å²) < 4.78 is 5.99. The molecule has 0 fully saturated rings. The molecule has 0 radical (unpaired) electrons. The molecule has 0 aromatic carbocycles. The van der Waals surface area contributed by atoms with Crippen molar-refractivity contribution in [3.8, 4) is 0 Å². The summed E-state index contributed by atoms with van der Waals surface area (Å²) in [4.78, 5) is 196. The zero-order valence-corrected chi connectivity index (χ0v) is 50.9. The number of carbonyl (C=O) groups excluding carboxylic acids is 12. The first-order valence-electron chi connectivity index (χ1n) is 29.2. The lowest BCUT2D eigenvalue weighted by Gasteiger charge is -2.62. The quantitative estimate of drug-likeness (QED) is 0.0199. The number of hydrogen-bond acceptors (Lipinski definition) is 37. The van der Waals surface area contributed by atoms with Gasteiger partial charge >= 0.3 is 0 Å². The van der Waals surface area contributed by atoms with Crippen LogP contribution in [0.15, 0.2) is 0 Å².